The number of hydrogen-bond donors (Lipinski definition) is 1. The van der Waals surface area contributed by atoms with Crippen LogP contribution in [-0.2, 0) is 11.0 Å². The molecule has 1 N–H and O–H groups in total. The van der Waals surface area contributed by atoms with Gasteiger partial charge in [-0.3, -0.25) is 4.79 Å². The van der Waals surface area contributed by atoms with E-state index < -0.39 is 23.6 Å². The molecule has 1 aromatic carbocycles. The third-order valence-corrected chi connectivity index (χ3v) is 2.94. The molecule has 0 saturated heterocycles. The number of halogens is 3. The molecular formula is C13H11F3N2O2. The van der Waals surface area contributed by atoms with E-state index in [1.165, 1.54) is 13.0 Å². The molecule has 106 valence electrons. The van der Waals surface area contributed by atoms with Gasteiger partial charge in [0, 0.05) is 5.39 Å². The molecule has 0 spiro atoms. The summed E-state index contributed by atoms with van der Waals surface area (Å²) in [4.78, 5) is 19.1. The van der Waals surface area contributed by atoms with Crippen LogP contribution in [0.25, 0.3) is 10.9 Å². The molecule has 1 atom stereocenters. The first-order valence-electron chi connectivity index (χ1n) is 5.78. The Balaban J connectivity index is 2.75. The summed E-state index contributed by atoms with van der Waals surface area (Å²) in [7, 11) is 0. The highest BCUT2D eigenvalue weighted by Crippen LogP contribution is 2.33. The molecule has 0 radical (unpaired) electrons. The third kappa shape index (κ3) is 2.56. The summed E-state index contributed by atoms with van der Waals surface area (Å²) in [5.74, 6) is -1.84. The monoisotopic (exact) mass is 284 g/mol. The number of hydrogen-bond acceptors (Lipinski definition) is 3. The van der Waals surface area contributed by atoms with Crippen molar-refractivity contribution in [3.05, 3.63) is 35.3 Å². The lowest BCUT2D eigenvalue weighted by Crippen LogP contribution is -2.12. The maximum Gasteiger partial charge on any atom is 0.416 e. The van der Waals surface area contributed by atoms with Gasteiger partial charge >= 0.3 is 12.1 Å². The van der Waals surface area contributed by atoms with Crippen LogP contribution in [0.15, 0.2) is 18.2 Å². The van der Waals surface area contributed by atoms with Crippen molar-refractivity contribution in [2.75, 3.05) is 0 Å². The molecule has 1 heterocycles. The molecule has 2 rings (SSSR count). The average molecular weight is 284 g/mol. The molecule has 2 aromatic rings. The fourth-order valence-corrected chi connectivity index (χ4v) is 1.90. The van der Waals surface area contributed by atoms with Crippen LogP contribution in [0.2, 0.25) is 0 Å². The Kier molecular flexibility index (Phi) is 3.37. The first kappa shape index (κ1) is 14.2. The fourth-order valence-electron chi connectivity index (χ4n) is 1.90. The van der Waals surface area contributed by atoms with Crippen molar-refractivity contribution in [2.24, 2.45) is 0 Å². The molecule has 0 saturated carbocycles. The highest BCUT2D eigenvalue weighted by Gasteiger charge is 2.31. The van der Waals surface area contributed by atoms with E-state index in [2.05, 4.69) is 9.97 Å². The molecule has 20 heavy (non-hydrogen) atoms. The van der Waals surface area contributed by atoms with E-state index in [0.717, 1.165) is 12.1 Å². The van der Waals surface area contributed by atoms with Gasteiger partial charge < -0.3 is 5.11 Å². The van der Waals surface area contributed by atoms with Crippen LogP contribution in [0, 0.1) is 6.92 Å². The van der Waals surface area contributed by atoms with Gasteiger partial charge in [-0.15, -0.1) is 0 Å². The molecule has 0 aliphatic carbocycles. The van der Waals surface area contributed by atoms with Crippen LogP contribution in [-0.4, -0.2) is 21.0 Å². The average Bonchev–Trinajstić information content (AvgIpc) is 2.34. The summed E-state index contributed by atoms with van der Waals surface area (Å²) < 4.78 is 38.2. The van der Waals surface area contributed by atoms with Gasteiger partial charge in [0.05, 0.1) is 22.7 Å². The molecule has 7 heteroatoms. The number of aliphatic carboxylic acids is 1. The molecule has 0 aliphatic rings. The Morgan fingerprint density at radius 1 is 1.30 bits per heavy atom. The maximum absolute atomic E-state index is 12.7. The zero-order chi connectivity index (χ0) is 15.1. The number of alkyl halides is 3. The predicted molar refractivity (Wildman–Crippen MR) is 65.3 cm³/mol. The molecular weight excluding hydrogens is 273 g/mol. The summed E-state index contributed by atoms with van der Waals surface area (Å²) in [5.41, 5.74) is -0.462. The van der Waals surface area contributed by atoms with Crippen molar-refractivity contribution in [2.45, 2.75) is 25.9 Å². The smallest absolute Gasteiger partial charge is 0.416 e. The van der Waals surface area contributed by atoms with Gasteiger partial charge in [0.15, 0.2) is 0 Å². The molecule has 0 aliphatic heterocycles. The Morgan fingerprint density at radius 3 is 2.50 bits per heavy atom. The van der Waals surface area contributed by atoms with Crippen LogP contribution in [0.5, 0.6) is 0 Å². The quantitative estimate of drug-likeness (QED) is 0.920. The van der Waals surface area contributed by atoms with Crippen LogP contribution in [0.1, 0.15) is 29.9 Å². The van der Waals surface area contributed by atoms with Crippen molar-refractivity contribution < 1.29 is 23.1 Å². The molecule has 4 nitrogen and oxygen atoms in total. The first-order valence-corrected chi connectivity index (χ1v) is 5.78. The van der Waals surface area contributed by atoms with E-state index in [1.54, 1.807) is 6.92 Å². The standard InChI is InChI=1S/C13H11F3N2O2/c1-6(12(19)20)11-9-5-8(13(14,15)16)3-4-10(9)17-7(2)18-11/h3-6H,1-2H3,(H,19,20). The summed E-state index contributed by atoms with van der Waals surface area (Å²) in [6, 6.07) is 3.04. The lowest BCUT2D eigenvalue weighted by molar-refractivity contribution is -0.138. The Labute approximate surface area is 112 Å². The summed E-state index contributed by atoms with van der Waals surface area (Å²) in [6.45, 7) is 2.94. The summed E-state index contributed by atoms with van der Waals surface area (Å²) >= 11 is 0. The second-order valence-electron chi connectivity index (χ2n) is 4.45. The van der Waals surface area contributed by atoms with E-state index in [-0.39, 0.29) is 11.1 Å². The van der Waals surface area contributed by atoms with Crippen molar-refractivity contribution in [3.63, 3.8) is 0 Å². The van der Waals surface area contributed by atoms with Gasteiger partial charge in [-0.1, -0.05) is 0 Å². The zero-order valence-electron chi connectivity index (χ0n) is 10.7. The van der Waals surface area contributed by atoms with Crippen LogP contribution < -0.4 is 0 Å². The summed E-state index contributed by atoms with van der Waals surface area (Å²) in [6.07, 6.45) is -4.50. The Bertz CT molecular complexity index is 683. The fraction of sp³-hybridized carbons (Fsp3) is 0.308. The first-order chi connectivity index (χ1) is 9.20. The van der Waals surface area contributed by atoms with Gasteiger partial charge in [0.25, 0.3) is 0 Å². The van der Waals surface area contributed by atoms with E-state index in [9.17, 15) is 18.0 Å². The number of benzene rings is 1. The van der Waals surface area contributed by atoms with Crippen LogP contribution >= 0.6 is 0 Å². The van der Waals surface area contributed by atoms with Crippen molar-refractivity contribution in [3.8, 4) is 0 Å². The Morgan fingerprint density at radius 2 is 1.95 bits per heavy atom. The lowest BCUT2D eigenvalue weighted by Gasteiger charge is -2.13. The van der Waals surface area contributed by atoms with Crippen molar-refractivity contribution in [1.29, 1.82) is 0 Å². The van der Waals surface area contributed by atoms with E-state index in [0.29, 0.717) is 11.3 Å². The van der Waals surface area contributed by atoms with Crippen LogP contribution in [0.3, 0.4) is 0 Å². The van der Waals surface area contributed by atoms with Gasteiger partial charge in [-0.25, -0.2) is 9.97 Å². The molecule has 0 amide bonds. The number of rotatable bonds is 2. The van der Waals surface area contributed by atoms with Gasteiger partial charge in [-0.05, 0) is 32.0 Å². The van der Waals surface area contributed by atoms with Crippen molar-refractivity contribution >= 4 is 16.9 Å². The number of fused-ring (bicyclic) bond motifs is 1. The Hall–Kier alpha value is -2.18. The maximum atomic E-state index is 12.7. The number of aryl methyl sites for hydroxylation is 1. The van der Waals surface area contributed by atoms with Gasteiger partial charge in [0.1, 0.15) is 5.82 Å². The SMILES string of the molecule is Cc1nc(C(C)C(=O)O)c2cc(C(F)(F)F)ccc2n1. The van der Waals surface area contributed by atoms with Crippen LogP contribution in [0.4, 0.5) is 13.2 Å². The second kappa shape index (κ2) is 4.73. The zero-order valence-corrected chi connectivity index (χ0v) is 10.7. The number of carboxylic acid groups (broad SMARTS) is 1. The minimum Gasteiger partial charge on any atom is -0.481 e. The molecule has 1 unspecified atom stereocenters. The van der Waals surface area contributed by atoms with E-state index in [1.807, 2.05) is 0 Å². The van der Waals surface area contributed by atoms with Crippen molar-refractivity contribution in [1.82, 2.24) is 9.97 Å². The number of carbonyl (C=O) groups is 1. The highest BCUT2D eigenvalue weighted by atomic mass is 19.4. The summed E-state index contributed by atoms with van der Waals surface area (Å²) in [5, 5.41) is 9.14. The minimum absolute atomic E-state index is 0.0890. The van der Waals surface area contributed by atoms with Gasteiger partial charge in [0.2, 0.25) is 0 Å². The normalized spacial score (nSPS) is 13.4. The van der Waals surface area contributed by atoms with E-state index >= 15 is 0 Å². The van der Waals surface area contributed by atoms with Gasteiger partial charge in [-0.2, -0.15) is 13.2 Å². The molecule has 0 bridgehead atoms. The number of nitrogens with zero attached hydrogens (tertiary/aromatic N) is 2. The largest absolute Gasteiger partial charge is 0.481 e. The number of aromatic nitrogens is 2. The third-order valence-electron chi connectivity index (χ3n) is 2.94. The molecule has 1 aromatic heterocycles. The van der Waals surface area contributed by atoms with E-state index in [4.69, 9.17) is 5.11 Å². The lowest BCUT2D eigenvalue weighted by atomic mass is 10.0. The second-order valence-corrected chi connectivity index (χ2v) is 4.45. The molecule has 0 fully saturated rings. The highest BCUT2D eigenvalue weighted by molar-refractivity contribution is 5.87. The predicted octanol–water partition coefficient (Wildman–Crippen LogP) is 3.15. The number of carboxylic acids is 1. The topological polar surface area (TPSA) is 63.1 Å². The minimum atomic E-state index is -4.50.